The predicted octanol–water partition coefficient (Wildman–Crippen LogP) is 2.89. The van der Waals surface area contributed by atoms with Gasteiger partial charge in [-0.05, 0) is 56.5 Å². The summed E-state index contributed by atoms with van der Waals surface area (Å²) in [5.74, 6) is 0.701. The Kier molecular flexibility index (Phi) is 6.80. The van der Waals surface area contributed by atoms with Crippen molar-refractivity contribution in [3.63, 3.8) is 0 Å². The molecule has 5 nitrogen and oxygen atoms in total. The van der Waals surface area contributed by atoms with Crippen molar-refractivity contribution < 1.29 is 9.59 Å². The number of hydrogen-bond donors (Lipinski definition) is 1. The maximum atomic E-state index is 12.3. The van der Waals surface area contributed by atoms with Gasteiger partial charge in [0.15, 0.2) is 0 Å². The normalized spacial score (nSPS) is 15.6. The first-order valence-corrected chi connectivity index (χ1v) is 9.16. The van der Waals surface area contributed by atoms with Crippen LogP contribution in [0.2, 0.25) is 0 Å². The molecule has 1 aliphatic rings. The maximum absolute atomic E-state index is 12.3. The lowest BCUT2D eigenvalue weighted by molar-refractivity contribution is -0.133. The van der Waals surface area contributed by atoms with Gasteiger partial charge in [-0.1, -0.05) is 22.9 Å². The highest BCUT2D eigenvalue weighted by Gasteiger charge is 2.21. The van der Waals surface area contributed by atoms with E-state index >= 15 is 0 Å². The van der Waals surface area contributed by atoms with Crippen LogP contribution in [0.4, 0.5) is 5.69 Å². The number of halogens is 1. The number of likely N-dealkylation sites (tertiary alicyclic amines) is 1. The van der Waals surface area contributed by atoms with Crippen molar-refractivity contribution in [2.75, 3.05) is 38.5 Å². The summed E-state index contributed by atoms with van der Waals surface area (Å²) < 4.78 is 0.983. The van der Waals surface area contributed by atoms with E-state index in [9.17, 15) is 9.59 Å². The summed E-state index contributed by atoms with van der Waals surface area (Å²) in [6.45, 7) is 6.32. The van der Waals surface area contributed by atoms with Crippen molar-refractivity contribution in [3.05, 3.63) is 28.2 Å². The molecule has 0 saturated carbocycles. The molecule has 1 heterocycles. The SMILES string of the molecule is Cc1cc(Br)ccc1NC(=O)CN(C)CC(=O)N1CCC(C)CC1. The van der Waals surface area contributed by atoms with E-state index in [1.54, 1.807) is 11.9 Å². The molecule has 1 aliphatic heterocycles. The summed E-state index contributed by atoms with van der Waals surface area (Å²) in [6, 6.07) is 5.73. The van der Waals surface area contributed by atoms with Crippen LogP contribution in [0.15, 0.2) is 22.7 Å². The average molecular weight is 396 g/mol. The Morgan fingerprint density at radius 3 is 2.58 bits per heavy atom. The summed E-state index contributed by atoms with van der Waals surface area (Å²) in [7, 11) is 1.80. The third-order valence-corrected chi connectivity index (χ3v) is 4.91. The molecular formula is C18H26BrN3O2. The van der Waals surface area contributed by atoms with Crippen molar-refractivity contribution in [2.45, 2.75) is 26.7 Å². The Labute approximate surface area is 152 Å². The fraction of sp³-hybridized carbons (Fsp3) is 0.556. The predicted molar refractivity (Wildman–Crippen MR) is 100.0 cm³/mol. The van der Waals surface area contributed by atoms with Crippen molar-refractivity contribution in [2.24, 2.45) is 5.92 Å². The summed E-state index contributed by atoms with van der Waals surface area (Å²) >= 11 is 3.41. The second kappa shape index (κ2) is 8.62. The molecule has 0 spiro atoms. The fourth-order valence-corrected chi connectivity index (χ4v) is 3.32. The third-order valence-electron chi connectivity index (χ3n) is 4.42. The first-order valence-electron chi connectivity index (χ1n) is 8.37. The van der Waals surface area contributed by atoms with Gasteiger partial charge in [-0.2, -0.15) is 0 Å². The number of nitrogens with one attached hydrogen (secondary N) is 1. The van der Waals surface area contributed by atoms with Crippen molar-refractivity contribution in [3.8, 4) is 0 Å². The van der Waals surface area contributed by atoms with Crippen LogP contribution < -0.4 is 5.32 Å². The highest BCUT2D eigenvalue weighted by atomic mass is 79.9. The number of hydrogen-bond acceptors (Lipinski definition) is 3. The molecule has 0 aliphatic carbocycles. The monoisotopic (exact) mass is 395 g/mol. The molecular weight excluding hydrogens is 370 g/mol. The zero-order valence-electron chi connectivity index (χ0n) is 14.6. The quantitative estimate of drug-likeness (QED) is 0.833. The number of piperidine rings is 1. The molecule has 0 unspecified atom stereocenters. The topological polar surface area (TPSA) is 52.7 Å². The molecule has 2 amide bonds. The average Bonchev–Trinajstić information content (AvgIpc) is 2.50. The third kappa shape index (κ3) is 5.60. The van der Waals surface area contributed by atoms with Crippen LogP contribution in [-0.4, -0.2) is 54.8 Å². The number of amides is 2. The van der Waals surface area contributed by atoms with Crippen LogP contribution in [0.1, 0.15) is 25.3 Å². The smallest absolute Gasteiger partial charge is 0.238 e. The number of anilines is 1. The number of benzene rings is 1. The molecule has 132 valence electrons. The highest BCUT2D eigenvalue weighted by Crippen LogP contribution is 2.20. The van der Waals surface area contributed by atoms with Gasteiger partial charge in [0.25, 0.3) is 0 Å². The lowest BCUT2D eigenvalue weighted by Crippen LogP contribution is -2.44. The number of carbonyl (C=O) groups excluding carboxylic acids is 2. The van der Waals surface area contributed by atoms with Gasteiger partial charge < -0.3 is 10.2 Å². The van der Waals surface area contributed by atoms with E-state index in [1.165, 1.54) is 0 Å². The van der Waals surface area contributed by atoms with Crippen molar-refractivity contribution >= 4 is 33.4 Å². The highest BCUT2D eigenvalue weighted by molar-refractivity contribution is 9.10. The second-order valence-electron chi connectivity index (χ2n) is 6.74. The van der Waals surface area contributed by atoms with Crippen LogP contribution in [0, 0.1) is 12.8 Å². The Hall–Kier alpha value is -1.40. The fourth-order valence-electron chi connectivity index (χ4n) is 2.85. The van der Waals surface area contributed by atoms with Crippen LogP contribution in [0.5, 0.6) is 0 Å². The maximum Gasteiger partial charge on any atom is 0.238 e. The summed E-state index contributed by atoms with van der Waals surface area (Å²) in [4.78, 5) is 28.1. The Morgan fingerprint density at radius 2 is 1.96 bits per heavy atom. The molecule has 1 fully saturated rings. The van der Waals surface area contributed by atoms with E-state index in [2.05, 4.69) is 28.2 Å². The number of likely N-dealkylation sites (N-methyl/N-ethyl adjacent to an activating group) is 1. The lowest BCUT2D eigenvalue weighted by atomic mass is 9.99. The van der Waals surface area contributed by atoms with E-state index < -0.39 is 0 Å². The molecule has 1 aromatic rings. The Bertz CT molecular complexity index is 598. The van der Waals surface area contributed by atoms with Crippen LogP contribution in [0.3, 0.4) is 0 Å². The molecule has 2 rings (SSSR count). The zero-order valence-corrected chi connectivity index (χ0v) is 16.2. The summed E-state index contributed by atoms with van der Waals surface area (Å²) in [5.41, 5.74) is 1.80. The zero-order chi connectivity index (χ0) is 17.7. The van der Waals surface area contributed by atoms with Gasteiger partial charge in [-0.15, -0.1) is 0 Å². The van der Waals surface area contributed by atoms with Crippen LogP contribution in [0.25, 0.3) is 0 Å². The minimum atomic E-state index is -0.108. The molecule has 1 N–H and O–H groups in total. The number of carbonyl (C=O) groups is 2. The molecule has 0 atom stereocenters. The molecule has 0 bridgehead atoms. The van der Waals surface area contributed by atoms with Gasteiger partial charge in [-0.25, -0.2) is 0 Å². The van der Waals surface area contributed by atoms with E-state index in [0.717, 1.165) is 41.7 Å². The summed E-state index contributed by atoms with van der Waals surface area (Å²) in [5, 5.41) is 2.90. The van der Waals surface area contributed by atoms with Gasteiger partial charge in [-0.3, -0.25) is 14.5 Å². The molecule has 0 aromatic heterocycles. The van der Waals surface area contributed by atoms with Crippen LogP contribution >= 0.6 is 15.9 Å². The molecule has 1 saturated heterocycles. The first kappa shape index (κ1) is 18.9. The standard InChI is InChI=1S/C18H26BrN3O2/c1-13-6-8-22(9-7-13)18(24)12-21(3)11-17(23)20-16-5-4-15(19)10-14(16)2/h4-5,10,13H,6-9,11-12H2,1-3H3,(H,20,23). The lowest BCUT2D eigenvalue weighted by Gasteiger charge is -2.31. The molecule has 1 aromatic carbocycles. The van der Waals surface area contributed by atoms with Crippen molar-refractivity contribution in [1.29, 1.82) is 0 Å². The minimum Gasteiger partial charge on any atom is -0.342 e. The number of aryl methyl sites for hydroxylation is 1. The van der Waals surface area contributed by atoms with E-state index in [4.69, 9.17) is 0 Å². The van der Waals surface area contributed by atoms with E-state index in [0.29, 0.717) is 5.92 Å². The van der Waals surface area contributed by atoms with E-state index in [1.807, 2.05) is 30.0 Å². The summed E-state index contributed by atoms with van der Waals surface area (Å²) in [6.07, 6.45) is 2.14. The molecule has 24 heavy (non-hydrogen) atoms. The largest absolute Gasteiger partial charge is 0.342 e. The van der Waals surface area contributed by atoms with Gasteiger partial charge in [0.1, 0.15) is 0 Å². The number of nitrogens with zero attached hydrogens (tertiary/aromatic N) is 2. The van der Waals surface area contributed by atoms with Gasteiger partial charge in [0.05, 0.1) is 13.1 Å². The minimum absolute atomic E-state index is 0.108. The van der Waals surface area contributed by atoms with Gasteiger partial charge in [0, 0.05) is 23.2 Å². The molecule has 6 heteroatoms. The first-order chi connectivity index (χ1) is 11.3. The van der Waals surface area contributed by atoms with Gasteiger partial charge >= 0.3 is 0 Å². The van der Waals surface area contributed by atoms with Gasteiger partial charge in [0.2, 0.25) is 11.8 Å². The van der Waals surface area contributed by atoms with Crippen LogP contribution in [-0.2, 0) is 9.59 Å². The van der Waals surface area contributed by atoms with Crippen molar-refractivity contribution in [1.82, 2.24) is 9.80 Å². The molecule has 0 radical (unpaired) electrons. The van der Waals surface area contributed by atoms with E-state index in [-0.39, 0.29) is 24.9 Å². The second-order valence-corrected chi connectivity index (χ2v) is 7.66. The number of rotatable bonds is 5. The Morgan fingerprint density at radius 1 is 1.29 bits per heavy atom. The Balaban J connectivity index is 1.79.